The number of benzene rings is 1. The highest BCUT2D eigenvalue weighted by atomic mass is 16.5. The molecular weight excluding hydrogens is 228 g/mol. The molecule has 0 radical (unpaired) electrons. The van der Waals surface area contributed by atoms with Crippen LogP contribution in [0.15, 0.2) is 24.3 Å². The third kappa shape index (κ3) is 2.20. The standard InChI is InChI=1S/C14H18N2O2/c17-14-9-15-6-7-16(14)10-11-5-8-18-13-4-2-1-3-12(11)13/h1-4,11,15H,5-10H2. The van der Waals surface area contributed by atoms with Gasteiger partial charge >= 0.3 is 0 Å². The molecule has 1 aromatic rings. The van der Waals surface area contributed by atoms with Gasteiger partial charge in [0.15, 0.2) is 0 Å². The highest BCUT2D eigenvalue weighted by Crippen LogP contribution is 2.33. The van der Waals surface area contributed by atoms with Crippen LogP contribution < -0.4 is 10.1 Å². The van der Waals surface area contributed by atoms with Gasteiger partial charge in [-0.05, 0) is 18.1 Å². The fourth-order valence-electron chi connectivity index (χ4n) is 2.71. The predicted molar refractivity (Wildman–Crippen MR) is 68.7 cm³/mol. The van der Waals surface area contributed by atoms with Crippen LogP contribution in [-0.4, -0.2) is 43.6 Å². The summed E-state index contributed by atoms with van der Waals surface area (Å²) >= 11 is 0. The number of ether oxygens (including phenoxy) is 1. The zero-order valence-electron chi connectivity index (χ0n) is 10.4. The van der Waals surface area contributed by atoms with Crippen molar-refractivity contribution in [2.75, 3.05) is 32.8 Å². The number of para-hydroxylation sites is 1. The third-order valence-corrected chi connectivity index (χ3v) is 3.71. The number of piperazine rings is 1. The maximum atomic E-state index is 11.8. The molecule has 3 rings (SSSR count). The summed E-state index contributed by atoms with van der Waals surface area (Å²) in [6.45, 7) is 3.77. The first-order valence-corrected chi connectivity index (χ1v) is 6.55. The van der Waals surface area contributed by atoms with Gasteiger partial charge in [0.25, 0.3) is 0 Å². The van der Waals surface area contributed by atoms with Gasteiger partial charge in [-0.2, -0.15) is 0 Å². The van der Waals surface area contributed by atoms with Crippen LogP contribution >= 0.6 is 0 Å². The zero-order chi connectivity index (χ0) is 12.4. The molecule has 1 N–H and O–H groups in total. The van der Waals surface area contributed by atoms with Crippen molar-refractivity contribution in [2.45, 2.75) is 12.3 Å². The van der Waals surface area contributed by atoms with Gasteiger partial charge in [-0.1, -0.05) is 18.2 Å². The highest BCUT2D eigenvalue weighted by molar-refractivity contribution is 5.79. The summed E-state index contributed by atoms with van der Waals surface area (Å²) in [5.41, 5.74) is 1.25. The average molecular weight is 246 g/mol. The Morgan fingerprint density at radius 2 is 2.28 bits per heavy atom. The number of rotatable bonds is 2. The van der Waals surface area contributed by atoms with Gasteiger partial charge in [0.2, 0.25) is 5.91 Å². The van der Waals surface area contributed by atoms with E-state index in [2.05, 4.69) is 11.4 Å². The Hall–Kier alpha value is -1.55. The smallest absolute Gasteiger partial charge is 0.236 e. The fourth-order valence-corrected chi connectivity index (χ4v) is 2.71. The minimum absolute atomic E-state index is 0.213. The molecule has 2 aliphatic rings. The molecule has 1 saturated heterocycles. The Morgan fingerprint density at radius 3 is 3.17 bits per heavy atom. The molecule has 0 saturated carbocycles. The van der Waals surface area contributed by atoms with Crippen molar-refractivity contribution in [1.29, 1.82) is 0 Å². The number of nitrogens with zero attached hydrogens (tertiary/aromatic N) is 1. The van der Waals surface area contributed by atoms with E-state index in [-0.39, 0.29) is 5.91 Å². The molecule has 0 aliphatic carbocycles. The van der Waals surface area contributed by atoms with E-state index in [0.717, 1.165) is 38.4 Å². The second-order valence-corrected chi connectivity index (χ2v) is 4.89. The van der Waals surface area contributed by atoms with Gasteiger partial charge < -0.3 is 15.0 Å². The van der Waals surface area contributed by atoms with Gasteiger partial charge in [0.1, 0.15) is 5.75 Å². The maximum Gasteiger partial charge on any atom is 0.236 e. The molecular formula is C14H18N2O2. The molecule has 0 spiro atoms. The second-order valence-electron chi connectivity index (χ2n) is 4.89. The number of nitrogens with one attached hydrogen (secondary N) is 1. The largest absolute Gasteiger partial charge is 0.493 e. The van der Waals surface area contributed by atoms with Crippen molar-refractivity contribution in [3.8, 4) is 5.75 Å². The number of hydrogen-bond acceptors (Lipinski definition) is 3. The van der Waals surface area contributed by atoms with E-state index in [1.165, 1.54) is 5.56 Å². The van der Waals surface area contributed by atoms with Crippen LogP contribution in [0.1, 0.15) is 17.9 Å². The van der Waals surface area contributed by atoms with Gasteiger partial charge in [0.05, 0.1) is 13.2 Å². The number of hydrogen-bond donors (Lipinski definition) is 1. The van der Waals surface area contributed by atoms with Crippen molar-refractivity contribution in [3.05, 3.63) is 29.8 Å². The molecule has 1 atom stereocenters. The van der Waals surface area contributed by atoms with Crippen LogP contribution in [0.25, 0.3) is 0 Å². The Morgan fingerprint density at radius 1 is 1.39 bits per heavy atom. The Balaban J connectivity index is 1.75. The molecule has 2 aliphatic heterocycles. The first-order chi connectivity index (χ1) is 8.84. The molecule has 1 aromatic carbocycles. The van der Waals surface area contributed by atoms with E-state index in [9.17, 15) is 4.79 Å². The monoisotopic (exact) mass is 246 g/mol. The molecule has 18 heavy (non-hydrogen) atoms. The van der Waals surface area contributed by atoms with E-state index < -0.39 is 0 Å². The lowest BCUT2D eigenvalue weighted by Crippen LogP contribution is -2.49. The lowest BCUT2D eigenvalue weighted by Gasteiger charge is -2.33. The third-order valence-electron chi connectivity index (χ3n) is 3.71. The maximum absolute atomic E-state index is 11.8. The van der Waals surface area contributed by atoms with E-state index in [1.54, 1.807) is 0 Å². The molecule has 1 amide bonds. The quantitative estimate of drug-likeness (QED) is 0.846. The van der Waals surface area contributed by atoms with E-state index in [0.29, 0.717) is 12.5 Å². The summed E-state index contributed by atoms with van der Waals surface area (Å²) in [5.74, 6) is 1.61. The van der Waals surface area contributed by atoms with Gasteiger partial charge in [0, 0.05) is 25.6 Å². The summed E-state index contributed by atoms with van der Waals surface area (Å²) in [4.78, 5) is 13.8. The topological polar surface area (TPSA) is 41.6 Å². The van der Waals surface area contributed by atoms with Gasteiger partial charge in [-0.25, -0.2) is 0 Å². The van der Waals surface area contributed by atoms with E-state index in [4.69, 9.17) is 4.74 Å². The first-order valence-electron chi connectivity index (χ1n) is 6.55. The highest BCUT2D eigenvalue weighted by Gasteiger charge is 2.26. The second kappa shape index (κ2) is 4.98. The Labute approximate surface area is 107 Å². The fraction of sp³-hybridized carbons (Fsp3) is 0.500. The molecule has 96 valence electrons. The average Bonchev–Trinajstić information content (AvgIpc) is 2.42. The summed E-state index contributed by atoms with van der Waals surface area (Å²) in [5, 5.41) is 3.10. The van der Waals surface area contributed by atoms with E-state index in [1.807, 2.05) is 23.1 Å². The van der Waals surface area contributed by atoms with Gasteiger partial charge in [-0.3, -0.25) is 4.79 Å². The van der Waals surface area contributed by atoms with Crippen molar-refractivity contribution in [3.63, 3.8) is 0 Å². The normalized spacial score (nSPS) is 23.4. The van der Waals surface area contributed by atoms with Crippen LogP contribution in [0.3, 0.4) is 0 Å². The SMILES string of the molecule is O=C1CNCCN1CC1CCOc2ccccc21. The summed E-state index contributed by atoms with van der Waals surface area (Å²) in [6, 6.07) is 8.17. The van der Waals surface area contributed by atoms with Crippen molar-refractivity contribution < 1.29 is 9.53 Å². The zero-order valence-corrected chi connectivity index (χ0v) is 10.4. The van der Waals surface area contributed by atoms with Crippen LogP contribution in [0.5, 0.6) is 5.75 Å². The molecule has 1 fully saturated rings. The molecule has 2 heterocycles. The minimum atomic E-state index is 0.213. The van der Waals surface area contributed by atoms with Crippen molar-refractivity contribution in [2.24, 2.45) is 0 Å². The Bertz CT molecular complexity index is 447. The number of amides is 1. The molecule has 0 aromatic heterocycles. The molecule has 4 heteroatoms. The summed E-state index contributed by atoms with van der Waals surface area (Å²) < 4.78 is 5.65. The lowest BCUT2D eigenvalue weighted by molar-refractivity contribution is -0.132. The minimum Gasteiger partial charge on any atom is -0.493 e. The van der Waals surface area contributed by atoms with Crippen molar-refractivity contribution in [1.82, 2.24) is 10.2 Å². The van der Waals surface area contributed by atoms with Crippen molar-refractivity contribution >= 4 is 5.91 Å². The number of fused-ring (bicyclic) bond motifs is 1. The van der Waals surface area contributed by atoms with Crippen LogP contribution in [0, 0.1) is 0 Å². The molecule has 1 unspecified atom stereocenters. The predicted octanol–water partition coefficient (Wildman–Crippen LogP) is 0.984. The summed E-state index contributed by atoms with van der Waals surface area (Å²) in [6.07, 6.45) is 0.994. The van der Waals surface area contributed by atoms with Crippen LogP contribution in [0.4, 0.5) is 0 Å². The van der Waals surface area contributed by atoms with E-state index >= 15 is 0 Å². The van der Waals surface area contributed by atoms with Crippen LogP contribution in [-0.2, 0) is 4.79 Å². The lowest BCUT2D eigenvalue weighted by atomic mass is 9.92. The molecule has 4 nitrogen and oxygen atoms in total. The first kappa shape index (κ1) is 11.5. The van der Waals surface area contributed by atoms with Crippen LogP contribution in [0.2, 0.25) is 0 Å². The van der Waals surface area contributed by atoms with Gasteiger partial charge in [-0.15, -0.1) is 0 Å². The molecule has 0 bridgehead atoms. The number of carbonyl (C=O) groups is 1. The number of carbonyl (C=O) groups excluding carboxylic acids is 1. The summed E-state index contributed by atoms with van der Waals surface area (Å²) in [7, 11) is 0. The Kier molecular flexibility index (Phi) is 3.19.